The van der Waals surface area contributed by atoms with Crippen LogP contribution in [0.5, 0.6) is 0 Å². The fraction of sp³-hybridized carbons (Fsp3) is 0.640. The lowest BCUT2D eigenvalue weighted by Gasteiger charge is -2.48. The molecule has 1 aromatic rings. The van der Waals surface area contributed by atoms with Gasteiger partial charge in [0, 0.05) is 15.8 Å². The molecular formula is C25H36ClNO5S. The van der Waals surface area contributed by atoms with E-state index >= 15 is 0 Å². The van der Waals surface area contributed by atoms with E-state index in [4.69, 9.17) is 21.1 Å². The topological polar surface area (TPSA) is 72.9 Å². The lowest BCUT2D eigenvalue weighted by Crippen LogP contribution is -2.53. The summed E-state index contributed by atoms with van der Waals surface area (Å²) in [5.41, 5.74) is 0.379. The molecule has 2 saturated heterocycles. The summed E-state index contributed by atoms with van der Waals surface area (Å²) in [5, 5.41) is 1.90. The van der Waals surface area contributed by atoms with E-state index in [9.17, 15) is 13.2 Å². The lowest BCUT2D eigenvalue weighted by molar-refractivity contribution is -0.160. The smallest absolute Gasteiger partial charge is 0.229 e. The van der Waals surface area contributed by atoms with E-state index in [2.05, 4.69) is 0 Å². The molecule has 2 aliphatic heterocycles. The molecule has 1 amide bonds. The summed E-state index contributed by atoms with van der Waals surface area (Å²) in [6.45, 7) is 9.81. The van der Waals surface area contributed by atoms with E-state index in [0.717, 1.165) is 12.0 Å². The van der Waals surface area contributed by atoms with Crippen molar-refractivity contribution in [3.8, 4) is 0 Å². The van der Waals surface area contributed by atoms with Gasteiger partial charge >= 0.3 is 0 Å². The molecule has 2 aliphatic rings. The number of amides is 1. The molecule has 0 N–H and O–H groups in total. The molecule has 4 atom stereocenters. The van der Waals surface area contributed by atoms with Crippen LogP contribution in [0.3, 0.4) is 0 Å². The maximum atomic E-state index is 14.1. The molecule has 0 aromatic heterocycles. The van der Waals surface area contributed by atoms with Crippen molar-refractivity contribution in [3.05, 3.63) is 46.3 Å². The van der Waals surface area contributed by atoms with Gasteiger partial charge in [-0.25, -0.2) is 8.42 Å². The van der Waals surface area contributed by atoms with Crippen molar-refractivity contribution in [2.45, 2.75) is 84.3 Å². The first kappa shape index (κ1) is 26.2. The highest BCUT2D eigenvalue weighted by Gasteiger charge is 2.48. The minimum absolute atomic E-state index is 0.0207. The summed E-state index contributed by atoms with van der Waals surface area (Å²) in [4.78, 5) is 15.9. The SMILES string of the molecule is CCC(/C=C/S(=O)(=O)CC)N1C(=O)[C@@](C)(CC2COC(C)(C)O2)CC[C@H]1c1ccc(Cl)cc1. The Morgan fingerprint density at radius 3 is 2.42 bits per heavy atom. The van der Waals surface area contributed by atoms with Crippen molar-refractivity contribution in [3.63, 3.8) is 0 Å². The highest BCUT2D eigenvalue weighted by molar-refractivity contribution is 7.94. The molecule has 1 aromatic carbocycles. The molecular weight excluding hydrogens is 462 g/mol. The second-order valence-corrected chi connectivity index (χ2v) is 12.4. The summed E-state index contributed by atoms with van der Waals surface area (Å²) in [6.07, 6.45) is 4.17. The number of carbonyl (C=O) groups excluding carboxylic acids is 1. The molecule has 2 fully saturated rings. The van der Waals surface area contributed by atoms with Crippen LogP contribution in [-0.4, -0.2) is 49.5 Å². The summed E-state index contributed by atoms with van der Waals surface area (Å²) in [6, 6.07) is 7.07. The van der Waals surface area contributed by atoms with Gasteiger partial charge in [0.05, 0.1) is 30.5 Å². The fourth-order valence-electron chi connectivity index (χ4n) is 4.84. The fourth-order valence-corrected chi connectivity index (χ4v) is 5.58. The summed E-state index contributed by atoms with van der Waals surface area (Å²) < 4.78 is 36.1. The van der Waals surface area contributed by atoms with Gasteiger partial charge in [0.25, 0.3) is 0 Å². The van der Waals surface area contributed by atoms with Crippen molar-refractivity contribution < 1.29 is 22.7 Å². The first-order valence-corrected chi connectivity index (χ1v) is 13.8. The second-order valence-electron chi connectivity index (χ2n) is 9.79. The van der Waals surface area contributed by atoms with Crippen LogP contribution in [0, 0.1) is 5.41 Å². The molecule has 2 unspecified atom stereocenters. The van der Waals surface area contributed by atoms with Gasteiger partial charge in [-0.15, -0.1) is 0 Å². The van der Waals surface area contributed by atoms with Gasteiger partial charge in [-0.2, -0.15) is 0 Å². The third-order valence-corrected chi connectivity index (χ3v) is 8.37. The average Bonchev–Trinajstić information content (AvgIpc) is 3.10. The predicted octanol–water partition coefficient (Wildman–Crippen LogP) is 5.28. The standard InChI is InChI=1S/C25H36ClNO5S/c1-6-20(13-15-33(29,30)7-2)27-22(18-8-10-19(26)11-9-18)12-14-25(5,23(27)28)16-21-17-31-24(3,4)32-21/h8-11,13,15,20-22H,6-7,12,14,16-17H2,1-5H3/b15-13+/t20?,21?,22-,25+/m0/s1. The minimum atomic E-state index is -3.30. The van der Waals surface area contributed by atoms with Gasteiger partial charge in [-0.3, -0.25) is 4.79 Å². The largest absolute Gasteiger partial charge is 0.348 e. The van der Waals surface area contributed by atoms with Crippen LogP contribution < -0.4 is 0 Å². The highest BCUT2D eigenvalue weighted by Crippen LogP contribution is 2.46. The highest BCUT2D eigenvalue weighted by atomic mass is 35.5. The first-order valence-electron chi connectivity index (χ1n) is 11.7. The maximum absolute atomic E-state index is 14.1. The number of carbonyl (C=O) groups is 1. The minimum Gasteiger partial charge on any atom is -0.348 e. The molecule has 0 bridgehead atoms. The van der Waals surface area contributed by atoms with Crippen LogP contribution >= 0.6 is 11.6 Å². The Labute approximate surface area is 203 Å². The van der Waals surface area contributed by atoms with Crippen molar-refractivity contribution in [2.75, 3.05) is 12.4 Å². The zero-order valence-corrected chi connectivity index (χ0v) is 21.8. The maximum Gasteiger partial charge on any atom is 0.229 e. The number of ether oxygens (including phenoxy) is 2. The van der Waals surface area contributed by atoms with E-state index < -0.39 is 21.0 Å². The zero-order valence-electron chi connectivity index (χ0n) is 20.2. The van der Waals surface area contributed by atoms with Crippen LogP contribution in [0.15, 0.2) is 35.7 Å². The summed E-state index contributed by atoms with van der Waals surface area (Å²) in [7, 11) is -3.30. The number of hydrogen-bond donors (Lipinski definition) is 0. The molecule has 0 saturated carbocycles. The van der Waals surface area contributed by atoms with Crippen molar-refractivity contribution in [2.24, 2.45) is 5.41 Å². The third-order valence-electron chi connectivity index (χ3n) is 6.74. The third kappa shape index (κ3) is 6.18. The van der Waals surface area contributed by atoms with Crippen LogP contribution in [0.2, 0.25) is 5.02 Å². The number of rotatable bonds is 8. The van der Waals surface area contributed by atoms with Crippen molar-refractivity contribution >= 4 is 27.3 Å². The van der Waals surface area contributed by atoms with Gasteiger partial charge in [0.15, 0.2) is 15.6 Å². The molecule has 0 radical (unpaired) electrons. The number of hydrogen-bond acceptors (Lipinski definition) is 5. The number of halogens is 1. The molecule has 0 spiro atoms. The number of likely N-dealkylation sites (tertiary alicyclic amines) is 1. The molecule has 6 nitrogen and oxygen atoms in total. The molecule has 184 valence electrons. The average molecular weight is 498 g/mol. The Morgan fingerprint density at radius 2 is 1.88 bits per heavy atom. The Hall–Kier alpha value is -1.41. The molecule has 8 heteroatoms. The number of piperidine rings is 1. The van der Waals surface area contributed by atoms with Crippen molar-refractivity contribution in [1.82, 2.24) is 4.90 Å². The Morgan fingerprint density at radius 1 is 1.21 bits per heavy atom. The Balaban J connectivity index is 1.95. The normalized spacial score (nSPS) is 29.0. The van der Waals surface area contributed by atoms with Gasteiger partial charge < -0.3 is 14.4 Å². The Bertz CT molecular complexity index is 975. The van der Waals surface area contributed by atoms with E-state index in [-0.39, 0.29) is 29.8 Å². The first-order chi connectivity index (χ1) is 15.4. The molecule has 0 aliphatic carbocycles. The van der Waals surface area contributed by atoms with Crippen LogP contribution in [0.25, 0.3) is 0 Å². The van der Waals surface area contributed by atoms with Gasteiger partial charge in [0.2, 0.25) is 5.91 Å². The van der Waals surface area contributed by atoms with Gasteiger partial charge in [-0.05, 0) is 57.2 Å². The van der Waals surface area contributed by atoms with E-state index in [1.54, 1.807) is 13.0 Å². The molecule has 2 heterocycles. The predicted molar refractivity (Wildman–Crippen MR) is 131 cm³/mol. The van der Waals surface area contributed by atoms with E-state index in [1.165, 1.54) is 5.41 Å². The van der Waals surface area contributed by atoms with Crippen LogP contribution in [0.1, 0.15) is 71.9 Å². The van der Waals surface area contributed by atoms with Crippen LogP contribution in [0.4, 0.5) is 0 Å². The van der Waals surface area contributed by atoms with Crippen molar-refractivity contribution in [1.29, 1.82) is 0 Å². The van der Waals surface area contributed by atoms with E-state index in [0.29, 0.717) is 30.9 Å². The van der Waals surface area contributed by atoms with Gasteiger partial charge in [-0.1, -0.05) is 50.6 Å². The summed E-state index contributed by atoms with van der Waals surface area (Å²) >= 11 is 6.10. The quantitative estimate of drug-likeness (QED) is 0.488. The second kappa shape index (κ2) is 10.1. The van der Waals surface area contributed by atoms with Crippen LogP contribution in [-0.2, 0) is 24.1 Å². The number of nitrogens with zero attached hydrogens (tertiary/aromatic N) is 1. The Kier molecular flexibility index (Phi) is 7.99. The summed E-state index contributed by atoms with van der Waals surface area (Å²) in [5.74, 6) is -0.596. The number of sulfone groups is 1. The van der Waals surface area contributed by atoms with Gasteiger partial charge in [0.1, 0.15) is 0 Å². The molecule has 3 rings (SSSR count). The lowest BCUT2D eigenvalue weighted by atomic mass is 9.73. The monoisotopic (exact) mass is 497 g/mol. The zero-order chi connectivity index (χ0) is 24.4. The molecule has 33 heavy (non-hydrogen) atoms. The van der Waals surface area contributed by atoms with E-state index in [1.807, 2.05) is 56.9 Å². The number of benzene rings is 1.